The molecule has 1 atom stereocenters. The molecule has 0 saturated heterocycles. The molecule has 0 aromatic carbocycles. The first-order valence-electron chi connectivity index (χ1n) is 5.20. The van der Waals surface area contributed by atoms with Gasteiger partial charge < -0.3 is 10.6 Å². The van der Waals surface area contributed by atoms with Crippen LogP contribution in [0.1, 0.15) is 13.8 Å². The Balaban J connectivity index is 2.74. The molecule has 1 aromatic heterocycles. The van der Waals surface area contributed by atoms with Crippen molar-refractivity contribution in [2.45, 2.75) is 13.8 Å². The summed E-state index contributed by atoms with van der Waals surface area (Å²) < 4.78 is 0.981. The van der Waals surface area contributed by atoms with Gasteiger partial charge in [-0.1, -0.05) is 19.1 Å². The molecule has 0 fully saturated rings. The molecule has 5 heteroatoms. The fourth-order valence-corrected chi connectivity index (χ4v) is 1.67. The van der Waals surface area contributed by atoms with Gasteiger partial charge in [0.05, 0.1) is 4.99 Å². The number of nitrogens with two attached hydrogens (primary N) is 1. The summed E-state index contributed by atoms with van der Waals surface area (Å²) in [6.07, 6.45) is 1.80. The summed E-state index contributed by atoms with van der Waals surface area (Å²) >= 11 is 8.35. The average Bonchev–Trinajstić information content (AvgIpc) is 2.26. The average molecular weight is 302 g/mol. The molecular formula is C11H16BrN3S. The molecule has 0 radical (unpaired) electrons. The van der Waals surface area contributed by atoms with Gasteiger partial charge in [-0.15, -0.1) is 0 Å². The number of pyridine rings is 1. The summed E-state index contributed by atoms with van der Waals surface area (Å²) in [6, 6.07) is 3.97. The predicted molar refractivity (Wildman–Crippen MR) is 75.8 cm³/mol. The Labute approximate surface area is 110 Å². The monoisotopic (exact) mass is 301 g/mol. The quantitative estimate of drug-likeness (QED) is 0.849. The van der Waals surface area contributed by atoms with E-state index in [1.54, 1.807) is 6.20 Å². The van der Waals surface area contributed by atoms with Crippen LogP contribution in [0.4, 0.5) is 5.82 Å². The predicted octanol–water partition coefficient (Wildman–Crippen LogP) is 2.59. The van der Waals surface area contributed by atoms with E-state index in [2.05, 4.69) is 32.7 Å². The highest BCUT2D eigenvalue weighted by Gasteiger charge is 2.12. The van der Waals surface area contributed by atoms with Crippen molar-refractivity contribution in [1.82, 2.24) is 4.98 Å². The molecule has 0 aliphatic rings. The van der Waals surface area contributed by atoms with Gasteiger partial charge in [-0.25, -0.2) is 4.98 Å². The molecule has 88 valence electrons. The van der Waals surface area contributed by atoms with Crippen molar-refractivity contribution < 1.29 is 0 Å². The second-order valence-electron chi connectivity index (χ2n) is 3.68. The summed E-state index contributed by atoms with van der Waals surface area (Å²) in [6.45, 7) is 5.82. The molecular weight excluding hydrogens is 286 g/mol. The SMILES string of the molecule is CCN(CC(C)C(N)=S)c1ccc(Br)cn1. The van der Waals surface area contributed by atoms with Crippen LogP contribution in [0.3, 0.4) is 0 Å². The number of anilines is 1. The maximum Gasteiger partial charge on any atom is 0.128 e. The number of halogens is 1. The van der Waals surface area contributed by atoms with Gasteiger partial charge in [0.1, 0.15) is 5.82 Å². The highest BCUT2D eigenvalue weighted by atomic mass is 79.9. The molecule has 1 unspecified atom stereocenters. The van der Waals surface area contributed by atoms with Gasteiger partial charge in [-0.2, -0.15) is 0 Å². The first-order valence-corrected chi connectivity index (χ1v) is 6.40. The fourth-order valence-electron chi connectivity index (χ4n) is 1.36. The molecule has 0 bridgehead atoms. The molecule has 3 nitrogen and oxygen atoms in total. The van der Waals surface area contributed by atoms with Crippen LogP contribution in [0.2, 0.25) is 0 Å². The van der Waals surface area contributed by atoms with Crippen molar-refractivity contribution >= 4 is 39.0 Å². The lowest BCUT2D eigenvalue weighted by Gasteiger charge is -2.25. The van der Waals surface area contributed by atoms with E-state index in [4.69, 9.17) is 18.0 Å². The van der Waals surface area contributed by atoms with E-state index >= 15 is 0 Å². The minimum atomic E-state index is 0.195. The zero-order chi connectivity index (χ0) is 12.1. The van der Waals surface area contributed by atoms with E-state index in [1.807, 2.05) is 19.1 Å². The number of nitrogens with zero attached hydrogens (tertiary/aromatic N) is 2. The summed E-state index contributed by atoms with van der Waals surface area (Å²) in [7, 11) is 0. The zero-order valence-corrected chi connectivity index (χ0v) is 11.9. The Kier molecular flexibility index (Phi) is 5.15. The van der Waals surface area contributed by atoms with Gasteiger partial charge in [0.25, 0.3) is 0 Å². The van der Waals surface area contributed by atoms with Crippen LogP contribution < -0.4 is 10.6 Å². The van der Waals surface area contributed by atoms with E-state index in [-0.39, 0.29) is 5.92 Å². The summed E-state index contributed by atoms with van der Waals surface area (Å²) in [4.78, 5) is 7.07. The van der Waals surface area contributed by atoms with E-state index in [1.165, 1.54) is 0 Å². The lowest BCUT2D eigenvalue weighted by atomic mass is 10.1. The van der Waals surface area contributed by atoms with Crippen LogP contribution in [0.5, 0.6) is 0 Å². The van der Waals surface area contributed by atoms with Crippen LogP contribution in [0.15, 0.2) is 22.8 Å². The summed E-state index contributed by atoms with van der Waals surface area (Å²) in [5.41, 5.74) is 5.62. The number of hydrogen-bond donors (Lipinski definition) is 1. The third-order valence-electron chi connectivity index (χ3n) is 2.40. The molecule has 1 aromatic rings. The minimum Gasteiger partial charge on any atom is -0.393 e. The first kappa shape index (κ1) is 13.4. The summed E-state index contributed by atoms with van der Waals surface area (Å²) in [5, 5.41) is 0. The van der Waals surface area contributed by atoms with Crippen molar-refractivity contribution in [3.63, 3.8) is 0 Å². The molecule has 2 N–H and O–H groups in total. The molecule has 0 aliphatic heterocycles. The van der Waals surface area contributed by atoms with E-state index in [0.717, 1.165) is 23.4 Å². The van der Waals surface area contributed by atoms with Crippen LogP contribution >= 0.6 is 28.1 Å². The van der Waals surface area contributed by atoms with Crippen LogP contribution in [-0.4, -0.2) is 23.1 Å². The molecule has 1 heterocycles. The summed E-state index contributed by atoms with van der Waals surface area (Å²) in [5.74, 6) is 1.15. The molecule has 0 saturated carbocycles. The van der Waals surface area contributed by atoms with Crippen molar-refractivity contribution in [2.75, 3.05) is 18.0 Å². The van der Waals surface area contributed by atoms with Crippen LogP contribution in [-0.2, 0) is 0 Å². The highest BCUT2D eigenvalue weighted by molar-refractivity contribution is 9.10. The largest absolute Gasteiger partial charge is 0.393 e. The van der Waals surface area contributed by atoms with Gasteiger partial charge in [0.15, 0.2) is 0 Å². The Bertz CT molecular complexity index is 353. The maximum absolute atomic E-state index is 5.62. The fraction of sp³-hybridized carbons (Fsp3) is 0.455. The van der Waals surface area contributed by atoms with Crippen molar-refractivity contribution in [3.05, 3.63) is 22.8 Å². The first-order chi connectivity index (χ1) is 7.54. The topological polar surface area (TPSA) is 42.1 Å². The Morgan fingerprint density at radius 3 is 2.75 bits per heavy atom. The molecule has 1 rings (SSSR count). The maximum atomic E-state index is 5.62. The lowest BCUT2D eigenvalue weighted by molar-refractivity contribution is 0.700. The number of aromatic nitrogens is 1. The number of hydrogen-bond acceptors (Lipinski definition) is 3. The number of thiocarbonyl (C=S) groups is 1. The van der Waals surface area contributed by atoms with Gasteiger partial charge >= 0.3 is 0 Å². The normalized spacial score (nSPS) is 12.2. The molecule has 0 amide bonds. The van der Waals surface area contributed by atoms with Crippen molar-refractivity contribution in [2.24, 2.45) is 11.7 Å². The van der Waals surface area contributed by atoms with E-state index in [0.29, 0.717) is 4.99 Å². The van der Waals surface area contributed by atoms with Crippen LogP contribution in [0.25, 0.3) is 0 Å². The second kappa shape index (κ2) is 6.15. The third-order valence-corrected chi connectivity index (χ3v) is 3.27. The van der Waals surface area contributed by atoms with Gasteiger partial charge in [0.2, 0.25) is 0 Å². The number of rotatable bonds is 5. The zero-order valence-electron chi connectivity index (χ0n) is 9.48. The standard InChI is InChI=1S/C11H16BrN3S/c1-3-15(7-8(2)11(13)16)10-5-4-9(12)6-14-10/h4-6,8H,3,7H2,1-2H3,(H2,13,16). The lowest BCUT2D eigenvalue weighted by Crippen LogP contribution is -2.34. The van der Waals surface area contributed by atoms with E-state index < -0.39 is 0 Å². The molecule has 0 aliphatic carbocycles. The van der Waals surface area contributed by atoms with Crippen molar-refractivity contribution in [3.8, 4) is 0 Å². The van der Waals surface area contributed by atoms with Gasteiger partial charge in [-0.05, 0) is 35.0 Å². The Hall–Kier alpha value is -0.680. The van der Waals surface area contributed by atoms with Gasteiger partial charge in [0, 0.05) is 29.7 Å². The van der Waals surface area contributed by atoms with Gasteiger partial charge in [-0.3, -0.25) is 0 Å². The smallest absolute Gasteiger partial charge is 0.128 e. The Morgan fingerprint density at radius 2 is 2.31 bits per heavy atom. The molecule has 0 spiro atoms. The Morgan fingerprint density at radius 1 is 1.62 bits per heavy atom. The second-order valence-corrected chi connectivity index (χ2v) is 5.06. The van der Waals surface area contributed by atoms with Crippen LogP contribution in [0, 0.1) is 5.92 Å². The molecule has 16 heavy (non-hydrogen) atoms. The third kappa shape index (κ3) is 3.72. The highest BCUT2D eigenvalue weighted by Crippen LogP contribution is 2.15. The van der Waals surface area contributed by atoms with E-state index in [9.17, 15) is 0 Å². The van der Waals surface area contributed by atoms with Crippen molar-refractivity contribution in [1.29, 1.82) is 0 Å². The minimum absolute atomic E-state index is 0.195.